The van der Waals surface area contributed by atoms with Crippen molar-refractivity contribution in [2.75, 3.05) is 19.5 Å². The zero-order valence-electron chi connectivity index (χ0n) is 22.2. The highest BCUT2D eigenvalue weighted by molar-refractivity contribution is 5.77. The first kappa shape index (κ1) is 26.4. The summed E-state index contributed by atoms with van der Waals surface area (Å²) in [5.74, 6) is 2.05. The third-order valence-electron chi connectivity index (χ3n) is 6.24. The van der Waals surface area contributed by atoms with Gasteiger partial charge in [0.2, 0.25) is 0 Å². The van der Waals surface area contributed by atoms with E-state index < -0.39 is 0 Å². The number of allylic oxidation sites excluding steroid dienone is 4. The van der Waals surface area contributed by atoms with E-state index in [1.54, 1.807) is 18.6 Å². The van der Waals surface area contributed by atoms with Crippen LogP contribution < -0.4 is 10.9 Å². The molecule has 5 heteroatoms. The van der Waals surface area contributed by atoms with Gasteiger partial charge in [-0.3, -0.25) is 9.20 Å². The Morgan fingerprint density at radius 2 is 1.83 bits per heavy atom. The number of rotatable bonds is 5. The Hall–Kier alpha value is -3.18. The summed E-state index contributed by atoms with van der Waals surface area (Å²) >= 11 is 0. The van der Waals surface area contributed by atoms with Crippen LogP contribution in [0.1, 0.15) is 56.8 Å². The first-order chi connectivity index (χ1) is 16.9. The Labute approximate surface area is 211 Å². The number of pyridine rings is 1. The highest BCUT2D eigenvalue weighted by Gasteiger charge is 2.25. The molecule has 0 aliphatic heterocycles. The number of nitrogens with one attached hydrogen (secondary N) is 1. The van der Waals surface area contributed by atoms with E-state index in [1.807, 2.05) is 39.1 Å². The summed E-state index contributed by atoms with van der Waals surface area (Å²) in [6.07, 6.45) is 12.7. The second-order valence-electron chi connectivity index (χ2n) is 9.21. The van der Waals surface area contributed by atoms with Gasteiger partial charge in [0.25, 0.3) is 5.56 Å². The first-order valence-corrected chi connectivity index (χ1v) is 12.6. The van der Waals surface area contributed by atoms with Gasteiger partial charge in [-0.2, -0.15) is 0 Å². The zero-order chi connectivity index (χ0) is 25.5. The predicted molar refractivity (Wildman–Crippen MR) is 150 cm³/mol. The molecular formula is C30H41N3O2. The summed E-state index contributed by atoms with van der Waals surface area (Å²) < 4.78 is 5.92. The fraction of sp³-hybridized carbons (Fsp3) is 0.400. The lowest BCUT2D eigenvalue weighted by molar-refractivity contribution is 0.277. The highest BCUT2D eigenvalue weighted by atomic mass is 16.4. The first-order valence-electron chi connectivity index (χ1n) is 12.6. The molecule has 5 nitrogen and oxygen atoms in total. The van der Waals surface area contributed by atoms with Gasteiger partial charge in [0.1, 0.15) is 11.5 Å². The number of ether oxygens (including phenoxy) is 1. The number of benzene rings is 1. The summed E-state index contributed by atoms with van der Waals surface area (Å²) in [6, 6.07) is 10.2. The maximum Gasteiger partial charge on any atom is 0.262 e. The minimum atomic E-state index is -0.0359. The Morgan fingerprint density at radius 3 is 2.49 bits per heavy atom. The maximum absolute atomic E-state index is 13.1. The smallest absolute Gasteiger partial charge is 0.262 e. The number of fused-ring (bicyclic) bond motifs is 1. The molecule has 0 spiro atoms. The van der Waals surface area contributed by atoms with Crippen LogP contribution in [-0.2, 0) is 4.74 Å². The number of hydrogen-bond donors (Lipinski definition) is 1. The van der Waals surface area contributed by atoms with Gasteiger partial charge in [0, 0.05) is 27.5 Å². The summed E-state index contributed by atoms with van der Waals surface area (Å²) in [6.45, 7) is 9.97. The van der Waals surface area contributed by atoms with Crippen LogP contribution in [0, 0.1) is 32.6 Å². The number of hydrogen-bond acceptors (Lipinski definition) is 4. The van der Waals surface area contributed by atoms with Crippen LogP contribution in [0.4, 0.5) is 11.5 Å². The molecule has 1 atom stereocenters. The van der Waals surface area contributed by atoms with Crippen molar-refractivity contribution in [2.24, 2.45) is 11.8 Å². The number of methoxy groups -OCH3 is 1. The zero-order valence-corrected chi connectivity index (χ0v) is 22.2. The van der Waals surface area contributed by atoms with Gasteiger partial charge in [-0.05, 0) is 73.9 Å². The summed E-state index contributed by atoms with van der Waals surface area (Å²) in [4.78, 5) is 17.8. The molecule has 188 valence electrons. The molecule has 0 bridgehead atoms. The monoisotopic (exact) mass is 475 g/mol. The van der Waals surface area contributed by atoms with Gasteiger partial charge in [-0.1, -0.05) is 62.6 Å². The molecule has 1 fully saturated rings. The third kappa shape index (κ3) is 6.49. The number of aryl methyl sites for hydroxylation is 2. The molecular weight excluding hydrogens is 434 g/mol. The van der Waals surface area contributed by atoms with Gasteiger partial charge < -0.3 is 10.1 Å². The Morgan fingerprint density at radius 1 is 1.11 bits per heavy atom. The van der Waals surface area contributed by atoms with Crippen LogP contribution in [0.2, 0.25) is 0 Å². The van der Waals surface area contributed by atoms with Crippen molar-refractivity contribution in [1.29, 1.82) is 0 Å². The molecule has 1 unspecified atom stereocenters. The van der Waals surface area contributed by atoms with Crippen molar-refractivity contribution in [3.63, 3.8) is 0 Å². The second kappa shape index (κ2) is 12.0. The van der Waals surface area contributed by atoms with Crippen LogP contribution in [0.3, 0.4) is 0 Å². The van der Waals surface area contributed by atoms with Gasteiger partial charge in [-0.15, -0.1) is 0 Å². The molecule has 0 saturated heterocycles. The lowest BCUT2D eigenvalue weighted by atomic mass is 10.0. The van der Waals surface area contributed by atoms with E-state index in [9.17, 15) is 4.79 Å². The Bertz CT molecular complexity index is 1290. The number of anilines is 2. The molecule has 2 aromatic heterocycles. The van der Waals surface area contributed by atoms with Crippen LogP contribution in [0.5, 0.6) is 0 Å². The minimum Gasteiger partial charge on any atom is -0.388 e. The predicted octanol–water partition coefficient (Wildman–Crippen LogP) is 7.27. The van der Waals surface area contributed by atoms with Gasteiger partial charge in [0.05, 0.1) is 5.56 Å². The molecule has 0 radical (unpaired) electrons. The molecule has 5 rings (SSSR count). The lowest BCUT2D eigenvalue weighted by Gasteiger charge is -2.13. The van der Waals surface area contributed by atoms with Crippen molar-refractivity contribution >= 4 is 22.7 Å². The molecule has 1 saturated carbocycles. The Kier molecular flexibility index (Phi) is 9.05. The summed E-state index contributed by atoms with van der Waals surface area (Å²) in [5, 5.41) is 3.35. The van der Waals surface area contributed by atoms with E-state index in [0.717, 1.165) is 22.7 Å². The standard InChI is InChI=1S/C26H27N3O.C2H6O.C2H6.H2/c1-16-4-10-23(17(2)12-16)27-25-18(3)26(30)29-15-22(9-11-24(29)28-25)21-8-7-20(14-21)13-19-5-6-19;1-3-2;1-2;/h4,7-12,14-15,19-20,27H,5-6,13H2,1-3H3;1-2H3;1-2H3;1H. The molecule has 0 amide bonds. The molecule has 1 aromatic carbocycles. The minimum absolute atomic E-state index is 0. The highest BCUT2D eigenvalue weighted by Crippen LogP contribution is 2.38. The van der Waals surface area contributed by atoms with Crippen molar-refractivity contribution in [3.05, 3.63) is 87.4 Å². The topological polar surface area (TPSA) is 55.6 Å². The molecule has 35 heavy (non-hydrogen) atoms. The van der Waals surface area contributed by atoms with E-state index >= 15 is 0 Å². The quantitative estimate of drug-likeness (QED) is 0.422. The normalized spacial score (nSPS) is 16.2. The van der Waals surface area contributed by atoms with E-state index in [-0.39, 0.29) is 6.99 Å². The van der Waals surface area contributed by atoms with Crippen molar-refractivity contribution < 1.29 is 6.16 Å². The molecule has 2 heterocycles. The molecule has 2 aliphatic rings. The second-order valence-corrected chi connectivity index (χ2v) is 9.21. The Balaban J connectivity index is 0.000000710. The van der Waals surface area contributed by atoms with Crippen molar-refractivity contribution in [2.45, 2.75) is 53.9 Å². The molecule has 1 N–H and O–H groups in total. The lowest BCUT2D eigenvalue weighted by Crippen LogP contribution is -2.20. The number of aromatic nitrogens is 2. The SMILES string of the molecule is CC.COC.Cc1ccc(Nc2nc3ccc(C4=CC(CC5CC5)C=C4)cn3c(=O)c2C)c(C)c1.[HH]. The maximum atomic E-state index is 13.1. The number of nitrogens with zero attached hydrogens (tertiary/aromatic N) is 2. The van der Waals surface area contributed by atoms with Gasteiger partial charge in [0.15, 0.2) is 0 Å². The van der Waals surface area contributed by atoms with E-state index in [4.69, 9.17) is 4.98 Å². The van der Waals surface area contributed by atoms with Crippen LogP contribution in [-0.4, -0.2) is 23.6 Å². The average molecular weight is 476 g/mol. The fourth-order valence-corrected chi connectivity index (χ4v) is 4.25. The summed E-state index contributed by atoms with van der Waals surface area (Å²) in [5.41, 5.74) is 6.81. The van der Waals surface area contributed by atoms with Gasteiger partial charge >= 0.3 is 0 Å². The van der Waals surface area contributed by atoms with E-state index in [2.05, 4.69) is 60.3 Å². The van der Waals surface area contributed by atoms with Crippen molar-refractivity contribution in [1.82, 2.24) is 9.38 Å². The van der Waals surface area contributed by atoms with E-state index in [1.165, 1.54) is 30.4 Å². The van der Waals surface area contributed by atoms with Crippen LogP contribution in [0.25, 0.3) is 11.2 Å². The van der Waals surface area contributed by atoms with Crippen LogP contribution >= 0.6 is 0 Å². The largest absolute Gasteiger partial charge is 0.388 e. The average Bonchev–Trinajstić information content (AvgIpc) is 3.54. The van der Waals surface area contributed by atoms with Crippen LogP contribution in [0.15, 0.2) is 59.6 Å². The van der Waals surface area contributed by atoms with E-state index in [0.29, 0.717) is 22.9 Å². The fourth-order valence-electron chi connectivity index (χ4n) is 4.25. The van der Waals surface area contributed by atoms with Crippen molar-refractivity contribution in [3.8, 4) is 0 Å². The third-order valence-corrected chi connectivity index (χ3v) is 6.24. The molecule has 2 aliphatic carbocycles. The molecule has 3 aromatic rings. The summed E-state index contributed by atoms with van der Waals surface area (Å²) in [7, 11) is 3.25. The van der Waals surface area contributed by atoms with Gasteiger partial charge in [-0.25, -0.2) is 4.98 Å².